The van der Waals surface area contributed by atoms with E-state index in [1.807, 2.05) is 20.0 Å². The van der Waals surface area contributed by atoms with Crippen LogP contribution in [0, 0.1) is 0 Å². The second-order valence-corrected chi connectivity index (χ2v) is 3.77. The van der Waals surface area contributed by atoms with Gasteiger partial charge >= 0.3 is 0 Å². The Morgan fingerprint density at radius 2 is 2.06 bits per heavy atom. The highest BCUT2D eigenvalue weighted by atomic mass is 16.5. The zero-order chi connectivity index (χ0) is 13.2. The van der Waals surface area contributed by atoms with Crippen molar-refractivity contribution in [3.63, 3.8) is 0 Å². The van der Waals surface area contributed by atoms with Crippen molar-refractivity contribution >= 4 is 11.6 Å². The highest BCUT2D eigenvalue weighted by Crippen LogP contribution is 2.11. The van der Waals surface area contributed by atoms with E-state index in [-0.39, 0.29) is 6.61 Å². The fourth-order valence-corrected chi connectivity index (χ4v) is 1.43. The van der Waals surface area contributed by atoms with Crippen LogP contribution in [0.3, 0.4) is 0 Å². The predicted molar refractivity (Wildman–Crippen MR) is 72.0 cm³/mol. The Hall–Kier alpha value is -1.40. The molecule has 0 aliphatic heterocycles. The molecule has 0 saturated carbocycles. The van der Waals surface area contributed by atoms with Gasteiger partial charge in [-0.15, -0.1) is 0 Å². The molecule has 0 saturated heterocycles. The third-order valence-electron chi connectivity index (χ3n) is 2.35. The molecule has 0 spiro atoms. The second kappa shape index (κ2) is 8.66. The van der Waals surface area contributed by atoms with Crippen LogP contribution in [-0.4, -0.2) is 48.5 Å². The van der Waals surface area contributed by atoms with E-state index in [1.165, 1.54) is 0 Å². The van der Waals surface area contributed by atoms with E-state index in [9.17, 15) is 0 Å². The van der Waals surface area contributed by atoms with Crippen molar-refractivity contribution in [3.8, 4) is 0 Å². The van der Waals surface area contributed by atoms with Gasteiger partial charge in [0.1, 0.15) is 17.5 Å². The summed E-state index contributed by atoms with van der Waals surface area (Å²) in [5, 5.41) is 14.8. The quantitative estimate of drug-likeness (QED) is 0.568. The maximum absolute atomic E-state index is 8.55. The summed E-state index contributed by atoms with van der Waals surface area (Å²) in [5.74, 6) is 2.47. The number of nitrogens with zero attached hydrogens (tertiary/aromatic N) is 2. The van der Waals surface area contributed by atoms with Gasteiger partial charge in [0.25, 0.3) is 0 Å². The van der Waals surface area contributed by atoms with E-state index in [2.05, 4.69) is 20.6 Å². The standard InChI is InChI=1S/C12H22N4O2/c1-3-10-15-11(13-2)9-12(16-10)14-5-4-7-18-8-6-17/h9,17H,3-8H2,1-2H3,(H2,13,14,15,16). The van der Waals surface area contributed by atoms with Crippen molar-refractivity contribution in [2.75, 3.05) is 44.0 Å². The van der Waals surface area contributed by atoms with Gasteiger partial charge in [0, 0.05) is 32.7 Å². The van der Waals surface area contributed by atoms with Crippen molar-refractivity contribution in [1.29, 1.82) is 0 Å². The van der Waals surface area contributed by atoms with E-state index in [0.29, 0.717) is 13.2 Å². The van der Waals surface area contributed by atoms with Gasteiger partial charge in [-0.1, -0.05) is 6.92 Å². The zero-order valence-corrected chi connectivity index (χ0v) is 11.1. The summed E-state index contributed by atoms with van der Waals surface area (Å²) in [6.45, 7) is 3.93. The van der Waals surface area contributed by atoms with Crippen LogP contribution in [-0.2, 0) is 11.2 Å². The summed E-state index contributed by atoms with van der Waals surface area (Å²) < 4.78 is 5.18. The first-order valence-corrected chi connectivity index (χ1v) is 6.28. The maximum atomic E-state index is 8.55. The Morgan fingerprint density at radius 3 is 2.72 bits per heavy atom. The molecule has 1 rings (SSSR count). The number of aliphatic hydroxyl groups is 1. The lowest BCUT2D eigenvalue weighted by atomic mass is 10.4. The molecular weight excluding hydrogens is 232 g/mol. The summed E-state index contributed by atoms with van der Waals surface area (Å²) in [6, 6.07) is 1.88. The van der Waals surface area contributed by atoms with Crippen LogP contribution in [0.2, 0.25) is 0 Å². The Morgan fingerprint density at radius 1 is 1.28 bits per heavy atom. The molecule has 0 amide bonds. The number of aromatic nitrogens is 2. The molecule has 3 N–H and O–H groups in total. The van der Waals surface area contributed by atoms with Gasteiger partial charge in [-0.25, -0.2) is 9.97 Å². The molecule has 0 bridgehead atoms. The van der Waals surface area contributed by atoms with Crippen LogP contribution in [0.5, 0.6) is 0 Å². The number of aliphatic hydroxyl groups excluding tert-OH is 1. The smallest absolute Gasteiger partial charge is 0.132 e. The summed E-state index contributed by atoms with van der Waals surface area (Å²) in [6.07, 6.45) is 1.68. The Balaban J connectivity index is 2.36. The van der Waals surface area contributed by atoms with Gasteiger partial charge in [-0.2, -0.15) is 0 Å². The van der Waals surface area contributed by atoms with E-state index < -0.39 is 0 Å². The summed E-state index contributed by atoms with van der Waals surface area (Å²) in [7, 11) is 1.84. The van der Waals surface area contributed by atoms with Crippen molar-refractivity contribution in [3.05, 3.63) is 11.9 Å². The van der Waals surface area contributed by atoms with Crippen LogP contribution in [0.15, 0.2) is 6.07 Å². The van der Waals surface area contributed by atoms with Crippen LogP contribution >= 0.6 is 0 Å². The summed E-state index contributed by atoms with van der Waals surface area (Å²) >= 11 is 0. The molecule has 0 unspecified atom stereocenters. The second-order valence-electron chi connectivity index (χ2n) is 3.77. The molecule has 18 heavy (non-hydrogen) atoms. The maximum Gasteiger partial charge on any atom is 0.132 e. The van der Waals surface area contributed by atoms with Gasteiger partial charge in [-0.3, -0.25) is 0 Å². The Labute approximate surface area is 108 Å². The molecule has 0 atom stereocenters. The minimum atomic E-state index is 0.0741. The van der Waals surface area contributed by atoms with Gasteiger partial charge in [0.2, 0.25) is 0 Å². The molecule has 1 aromatic rings. The number of hydrogen-bond donors (Lipinski definition) is 3. The fraction of sp³-hybridized carbons (Fsp3) is 0.667. The third-order valence-corrected chi connectivity index (χ3v) is 2.35. The number of nitrogens with one attached hydrogen (secondary N) is 2. The van der Waals surface area contributed by atoms with Gasteiger partial charge in [0.15, 0.2) is 0 Å². The molecule has 0 aliphatic rings. The van der Waals surface area contributed by atoms with E-state index in [0.717, 1.165) is 36.8 Å². The molecule has 0 aromatic carbocycles. The van der Waals surface area contributed by atoms with Crippen molar-refractivity contribution in [1.82, 2.24) is 9.97 Å². The number of aryl methyl sites for hydroxylation is 1. The van der Waals surface area contributed by atoms with Crippen LogP contribution in [0.4, 0.5) is 11.6 Å². The Bertz CT molecular complexity index is 325. The molecule has 0 fully saturated rings. The van der Waals surface area contributed by atoms with Gasteiger partial charge in [0.05, 0.1) is 13.2 Å². The number of anilines is 2. The first-order chi connectivity index (χ1) is 8.80. The topological polar surface area (TPSA) is 79.3 Å². The van der Waals surface area contributed by atoms with E-state index in [4.69, 9.17) is 9.84 Å². The lowest BCUT2D eigenvalue weighted by molar-refractivity contribution is 0.0922. The average Bonchev–Trinajstić information content (AvgIpc) is 2.42. The SMILES string of the molecule is CCc1nc(NC)cc(NCCCOCCO)n1. The lowest BCUT2D eigenvalue weighted by Crippen LogP contribution is -2.10. The monoisotopic (exact) mass is 254 g/mol. The molecule has 1 heterocycles. The van der Waals surface area contributed by atoms with Gasteiger partial charge < -0.3 is 20.5 Å². The van der Waals surface area contributed by atoms with Crippen LogP contribution < -0.4 is 10.6 Å². The minimum Gasteiger partial charge on any atom is -0.394 e. The Kier molecular flexibility index (Phi) is 7.05. The summed E-state index contributed by atoms with van der Waals surface area (Å²) in [5.41, 5.74) is 0. The van der Waals surface area contributed by atoms with Crippen molar-refractivity contribution in [2.45, 2.75) is 19.8 Å². The third kappa shape index (κ3) is 5.29. The van der Waals surface area contributed by atoms with Crippen molar-refractivity contribution in [2.24, 2.45) is 0 Å². The summed E-state index contributed by atoms with van der Waals surface area (Å²) in [4.78, 5) is 8.72. The lowest BCUT2D eigenvalue weighted by Gasteiger charge is -2.09. The number of rotatable bonds is 9. The van der Waals surface area contributed by atoms with Crippen molar-refractivity contribution < 1.29 is 9.84 Å². The minimum absolute atomic E-state index is 0.0741. The normalized spacial score (nSPS) is 10.4. The molecule has 6 nitrogen and oxygen atoms in total. The highest BCUT2D eigenvalue weighted by molar-refractivity contribution is 5.47. The number of ether oxygens (including phenoxy) is 1. The first kappa shape index (κ1) is 14.7. The molecule has 1 aromatic heterocycles. The van der Waals surface area contributed by atoms with E-state index >= 15 is 0 Å². The van der Waals surface area contributed by atoms with Crippen LogP contribution in [0.25, 0.3) is 0 Å². The first-order valence-electron chi connectivity index (χ1n) is 6.28. The predicted octanol–water partition coefficient (Wildman–Crippen LogP) is 0.892. The molecule has 102 valence electrons. The van der Waals surface area contributed by atoms with E-state index in [1.54, 1.807) is 0 Å². The zero-order valence-electron chi connectivity index (χ0n) is 11.1. The molecule has 6 heteroatoms. The number of hydrogen-bond acceptors (Lipinski definition) is 6. The van der Waals surface area contributed by atoms with Gasteiger partial charge in [-0.05, 0) is 6.42 Å². The molecule has 0 aliphatic carbocycles. The molecular formula is C12H22N4O2. The highest BCUT2D eigenvalue weighted by Gasteiger charge is 2.01. The fourth-order valence-electron chi connectivity index (χ4n) is 1.43. The largest absolute Gasteiger partial charge is 0.394 e. The van der Waals surface area contributed by atoms with Crippen LogP contribution in [0.1, 0.15) is 19.2 Å². The average molecular weight is 254 g/mol. The molecule has 0 radical (unpaired) electrons.